The van der Waals surface area contributed by atoms with Crippen LogP contribution in [0.25, 0.3) is 53.6 Å². The zero-order valence-electron chi connectivity index (χ0n) is 30.8. The Morgan fingerprint density at radius 3 is 1.93 bits per heavy atom. The summed E-state index contributed by atoms with van der Waals surface area (Å²) in [5, 5.41) is 2.69. The summed E-state index contributed by atoms with van der Waals surface area (Å²) in [6.07, 6.45) is 7.32. The lowest BCUT2D eigenvalue weighted by molar-refractivity contribution is -0.0193. The van der Waals surface area contributed by atoms with Gasteiger partial charge in [0, 0.05) is 42.6 Å². The summed E-state index contributed by atoms with van der Waals surface area (Å²) in [4.78, 5) is 2.48. The topological polar surface area (TPSA) is 3.24 Å². The summed E-state index contributed by atoms with van der Waals surface area (Å²) in [5.41, 5.74) is 15.6. The van der Waals surface area contributed by atoms with Crippen molar-refractivity contribution in [1.82, 2.24) is 0 Å². The van der Waals surface area contributed by atoms with Gasteiger partial charge in [-0.25, -0.2) is 0 Å². The highest BCUT2D eigenvalue weighted by molar-refractivity contribution is 7.25. The molecule has 2 heteroatoms. The van der Waals surface area contributed by atoms with E-state index in [2.05, 4.69) is 169 Å². The Morgan fingerprint density at radius 2 is 1.09 bits per heavy atom. The van der Waals surface area contributed by atoms with E-state index in [9.17, 15) is 0 Å². The molecule has 8 aromatic rings. The third kappa shape index (κ3) is 4.08. The van der Waals surface area contributed by atoms with Crippen LogP contribution >= 0.6 is 11.3 Å². The standard InChI is InChI=1S/C53H41NS/c1-2-8-34(9-3-1)35-14-19-40(20-15-35)54(41-21-16-36(17-22-41)37-18-25-50-46(28-37)44-11-5-7-13-49(44)55-50)42-23-24-48-45(30-42)43-10-4-6-12-47(43)53(48)39-27-33-26-38-29-51(53)52(38,31-33)32-39/h1-25,28,30,33,38-39,51H,26-27,29,31-32H2. The Labute approximate surface area is 326 Å². The molecule has 5 aliphatic rings. The van der Waals surface area contributed by atoms with Crippen molar-refractivity contribution < 1.29 is 0 Å². The van der Waals surface area contributed by atoms with Gasteiger partial charge >= 0.3 is 0 Å². The van der Waals surface area contributed by atoms with E-state index in [1.54, 1.807) is 11.1 Å². The van der Waals surface area contributed by atoms with Gasteiger partial charge in [0.15, 0.2) is 0 Å². The first-order chi connectivity index (χ1) is 27.2. The molecule has 13 rings (SSSR count). The van der Waals surface area contributed by atoms with E-state index >= 15 is 0 Å². The lowest BCUT2D eigenvalue weighted by Gasteiger charge is -2.54. The van der Waals surface area contributed by atoms with Gasteiger partial charge in [-0.15, -0.1) is 11.3 Å². The Bertz CT molecular complexity index is 2830. The van der Waals surface area contributed by atoms with Crippen LogP contribution in [0.2, 0.25) is 0 Å². The van der Waals surface area contributed by atoms with Gasteiger partial charge in [0.1, 0.15) is 0 Å². The summed E-state index contributed by atoms with van der Waals surface area (Å²) in [6.45, 7) is 0. The minimum atomic E-state index is 0.189. The first-order valence-electron chi connectivity index (χ1n) is 20.4. The number of hydrogen-bond donors (Lipinski definition) is 0. The second-order valence-corrected chi connectivity index (χ2v) is 18.5. The summed E-state index contributed by atoms with van der Waals surface area (Å²) < 4.78 is 2.69. The molecule has 0 saturated heterocycles. The quantitative estimate of drug-likeness (QED) is 0.171. The molecule has 264 valence electrons. The number of benzene rings is 7. The molecule has 6 unspecified atom stereocenters. The number of thiophene rings is 1. The molecule has 0 N–H and O–H groups in total. The van der Waals surface area contributed by atoms with Gasteiger partial charge in [0.25, 0.3) is 0 Å². The largest absolute Gasteiger partial charge is 0.310 e. The van der Waals surface area contributed by atoms with Gasteiger partial charge < -0.3 is 4.90 Å². The third-order valence-corrected chi connectivity index (χ3v) is 16.3. The van der Waals surface area contributed by atoms with Crippen molar-refractivity contribution in [1.29, 1.82) is 0 Å². The van der Waals surface area contributed by atoms with Crippen LogP contribution in [0, 0.1) is 29.1 Å². The number of anilines is 3. The van der Waals surface area contributed by atoms with Crippen molar-refractivity contribution in [3.63, 3.8) is 0 Å². The molecular formula is C53H41NS. The van der Waals surface area contributed by atoms with Crippen LogP contribution in [0.1, 0.15) is 43.2 Å². The van der Waals surface area contributed by atoms with Gasteiger partial charge in [-0.2, -0.15) is 0 Å². The zero-order valence-corrected chi connectivity index (χ0v) is 31.6. The van der Waals surface area contributed by atoms with Crippen molar-refractivity contribution in [2.75, 3.05) is 4.90 Å². The van der Waals surface area contributed by atoms with Gasteiger partial charge in [-0.1, -0.05) is 109 Å². The first kappa shape index (κ1) is 30.8. The van der Waals surface area contributed by atoms with E-state index in [1.165, 1.54) is 103 Å². The second-order valence-electron chi connectivity index (χ2n) is 17.4. The summed E-state index contributed by atoms with van der Waals surface area (Å²) in [5.74, 6) is 3.51. The Hall–Kier alpha value is -5.44. The van der Waals surface area contributed by atoms with E-state index in [4.69, 9.17) is 0 Å². The number of nitrogens with zero attached hydrogens (tertiary/aromatic N) is 1. The fourth-order valence-corrected chi connectivity index (χ4v) is 14.3. The van der Waals surface area contributed by atoms with Crippen LogP contribution in [0.5, 0.6) is 0 Å². The smallest absolute Gasteiger partial charge is 0.0468 e. The molecule has 0 radical (unpaired) electrons. The predicted octanol–water partition coefficient (Wildman–Crippen LogP) is 14.6. The average molecular weight is 724 g/mol. The summed E-state index contributed by atoms with van der Waals surface area (Å²) in [7, 11) is 0. The molecule has 7 aromatic carbocycles. The van der Waals surface area contributed by atoms with Gasteiger partial charge in [0.05, 0.1) is 0 Å². The van der Waals surface area contributed by atoms with E-state index in [1.807, 2.05) is 11.3 Å². The van der Waals surface area contributed by atoms with Gasteiger partial charge in [-0.05, 0) is 160 Å². The Kier molecular flexibility index (Phi) is 6.21. The average Bonchev–Trinajstić information content (AvgIpc) is 3.86. The molecule has 3 bridgehead atoms. The minimum absolute atomic E-state index is 0.189. The normalized spacial score (nSPS) is 26.3. The number of hydrogen-bond acceptors (Lipinski definition) is 2. The monoisotopic (exact) mass is 723 g/mol. The van der Waals surface area contributed by atoms with Crippen LogP contribution in [0.15, 0.2) is 164 Å². The van der Waals surface area contributed by atoms with E-state index in [0.29, 0.717) is 5.41 Å². The maximum atomic E-state index is 2.57. The van der Waals surface area contributed by atoms with Crippen LogP contribution < -0.4 is 4.90 Å². The van der Waals surface area contributed by atoms with Gasteiger partial charge in [0.2, 0.25) is 0 Å². The summed E-state index contributed by atoms with van der Waals surface area (Å²) >= 11 is 1.88. The molecule has 0 amide bonds. The maximum absolute atomic E-state index is 2.57. The molecule has 0 aliphatic heterocycles. The molecule has 1 nitrogen and oxygen atoms in total. The molecule has 55 heavy (non-hydrogen) atoms. The molecule has 1 heterocycles. The van der Waals surface area contributed by atoms with E-state index in [-0.39, 0.29) is 5.41 Å². The van der Waals surface area contributed by atoms with E-state index < -0.39 is 0 Å². The fourth-order valence-electron chi connectivity index (χ4n) is 13.2. The highest BCUT2D eigenvalue weighted by Gasteiger charge is 2.76. The number of fused-ring (bicyclic) bond motifs is 12. The maximum Gasteiger partial charge on any atom is 0.0468 e. The van der Waals surface area contributed by atoms with Crippen LogP contribution in [0.3, 0.4) is 0 Å². The SMILES string of the molecule is c1ccc(-c2ccc(N(c3ccc(-c4ccc5sc6ccccc6c5c4)cc3)c3ccc4c(c3)-c3ccccc3C43C4CC5CC6CC3C6(C5)C4)cc2)cc1. The molecule has 5 aliphatic carbocycles. The Morgan fingerprint density at radius 1 is 0.455 bits per heavy atom. The van der Waals surface area contributed by atoms with Gasteiger partial charge in [-0.3, -0.25) is 0 Å². The summed E-state index contributed by atoms with van der Waals surface area (Å²) in [6, 6.07) is 62.0. The van der Waals surface area contributed by atoms with Crippen LogP contribution in [-0.2, 0) is 5.41 Å². The van der Waals surface area contributed by atoms with Crippen molar-refractivity contribution in [2.24, 2.45) is 29.1 Å². The second kappa shape index (κ2) is 11.1. The van der Waals surface area contributed by atoms with Crippen molar-refractivity contribution in [2.45, 2.75) is 37.5 Å². The molecular weight excluding hydrogens is 683 g/mol. The zero-order chi connectivity index (χ0) is 35.9. The lowest BCUT2D eigenvalue weighted by atomic mass is 9.49. The first-order valence-corrected chi connectivity index (χ1v) is 21.2. The predicted molar refractivity (Wildman–Crippen MR) is 231 cm³/mol. The van der Waals surface area contributed by atoms with Crippen molar-refractivity contribution in [3.8, 4) is 33.4 Å². The molecule has 2 spiro atoms. The molecule has 4 fully saturated rings. The highest BCUT2D eigenvalue weighted by Crippen LogP contribution is 2.83. The number of rotatable bonds is 5. The van der Waals surface area contributed by atoms with Crippen LogP contribution in [-0.4, -0.2) is 0 Å². The minimum Gasteiger partial charge on any atom is -0.310 e. The third-order valence-electron chi connectivity index (χ3n) is 15.2. The van der Waals surface area contributed by atoms with Crippen molar-refractivity contribution in [3.05, 3.63) is 175 Å². The van der Waals surface area contributed by atoms with Crippen molar-refractivity contribution >= 4 is 48.6 Å². The fraction of sp³-hybridized carbons (Fsp3) is 0.208. The molecule has 4 saturated carbocycles. The molecule has 6 atom stereocenters. The molecule has 1 aromatic heterocycles. The lowest BCUT2D eigenvalue weighted by Crippen LogP contribution is -2.50. The van der Waals surface area contributed by atoms with Crippen LogP contribution in [0.4, 0.5) is 17.1 Å². The highest BCUT2D eigenvalue weighted by atomic mass is 32.1. The Balaban J connectivity index is 0.941. The van der Waals surface area contributed by atoms with E-state index in [0.717, 1.165) is 23.7 Å².